The highest BCUT2D eigenvalue weighted by atomic mass is 32.2. The first kappa shape index (κ1) is 27.5. The predicted molar refractivity (Wildman–Crippen MR) is 131 cm³/mol. The Morgan fingerprint density at radius 1 is 1.22 bits per heavy atom. The fourth-order valence-corrected chi connectivity index (χ4v) is 6.17. The number of alkyl halides is 5. The third-order valence-electron chi connectivity index (χ3n) is 6.84. The highest BCUT2D eigenvalue weighted by Gasteiger charge is 2.38. The van der Waals surface area contributed by atoms with Gasteiger partial charge >= 0.3 is 12.1 Å². The van der Waals surface area contributed by atoms with Gasteiger partial charge in [-0.1, -0.05) is 18.9 Å². The van der Waals surface area contributed by atoms with Crippen LogP contribution in [0.4, 0.5) is 27.6 Å². The van der Waals surface area contributed by atoms with Gasteiger partial charge in [0.25, 0.3) is 0 Å². The number of hydrogen-bond donors (Lipinski definition) is 1. The molecule has 1 aromatic carbocycles. The molecule has 2 aliphatic rings. The first-order valence-corrected chi connectivity index (χ1v) is 13.2. The zero-order chi connectivity index (χ0) is 26.8. The monoisotopic (exact) mass is 544 g/mol. The SMILES string of the molecule is CC(F)(F)CCC1CSc2cc(OCc3cccnc3C(=O)O)c(C(F)(F)F)cc2N(C2CCCC2)C1. The molecule has 2 heterocycles. The van der Waals surface area contributed by atoms with E-state index in [1.54, 1.807) is 0 Å². The topological polar surface area (TPSA) is 62.7 Å². The number of nitrogens with zero attached hydrogens (tertiary/aromatic N) is 2. The Kier molecular flexibility index (Phi) is 8.20. The van der Waals surface area contributed by atoms with E-state index in [0.29, 0.717) is 22.9 Å². The summed E-state index contributed by atoms with van der Waals surface area (Å²) >= 11 is 1.35. The number of ether oxygens (including phenoxy) is 1. The summed E-state index contributed by atoms with van der Waals surface area (Å²) in [4.78, 5) is 17.8. The molecule has 0 amide bonds. The lowest BCUT2D eigenvalue weighted by molar-refractivity contribution is -0.139. The van der Waals surface area contributed by atoms with Crippen molar-refractivity contribution in [2.75, 3.05) is 17.2 Å². The van der Waals surface area contributed by atoms with E-state index in [1.807, 2.05) is 4.90 Å². The zero-order valence-electron chi connectivity index (χ0n) is 20.4. The molecule has 1 fully saturated rings. The number of aromatic carboxylic acids is 1. The van der Waals surface area contributed by atoms with Gasteiger partial charge in [-0.2, -0.15) is 13.2 Å². The molecule has 0 radical (unpaired) electrons. The first-order valence-electron chi connectivity index (χ1n) is 12.2. The quantitative estimate of drug-likeness (QED) is 0.352. The molecule has 4 rings (SSSR count). The number of pyridine rings is 1. The Morgan fingerprint density at radius 3 is 2.59 bits per heavy atom. The summed E-state index contributed by atoms with van der Waals surface area (Å²) in [6.07, 6.45) is 0.233. The number of fused-ring (bicyclic) bond motifs is 1. The number of carbonyl (C=O) groups is 1. The highest BCUT2D eigenvalue weighted by molar-refractivity contribution is 7.99. The van der Waals surface area contributed by atoms with Crippen molar-refractivity contribution in [2.45, 2.75) is 75.1 Å². The van der Waals surface area contributed by atoms with Crippen molar-refractivity contribution in [3.63, 3.8) is 0 Å². The Labute approximate surface area is 216 Å². The maximum atomic E-state index is 14.2. The Balaban J connectivity index is 1.68. The summed E-state index contributed by atoms with van der Waals surface area (Å²) in [5, 5.41) is 9.33. The molecule has 0 bridgehead atoms. The standard InChI is InChI=1S/C26H29F5N2O3S/c1-25(27,28)9-8-16-13-33(18-6-2-3-7-18)20-11-19(26(29,30)31)21(12-22(20)37-15-16)36-14-17-5-4-10-32-23(17)24(34)35/h4-5,10-12,16,18H,2-3,6-9,13-15H2,1H3,(H,34,35). The van der Waals surface area contributed by atoms with Gasteiger partial charge in [-0.25, -0.2) is 18.6 Å². The zero-order valence-corrected chi connectivity index (χ0v) is 21.2. The second-order valence-corrected chi connectivity index (χ2v) is 10.9. The molecule has 5 nitrogen and oxygen atoms in total. The molecule has 37 heavy (non-hydrogen) atoms. The van der Waals surface area contributed by atoms with Crippen LogP contribution in [0.5, 0.6) is 5.75 Å². The third-order valence-corrected chi connectivity index (χ3v) is 8.12. The van der Waals surface area contributed by atoms with Crippen LogP contribution in [-0.2, 0) is 12.8 Å². The second kappa shape index (κ2) is 11.0. The summed E-state index contributed by atoms with van der Waals surface area (Å²) in [5.74, 6) is -4.10. The van der Waals surface area contributed by atoms with E-state index in [9.17, 15) is 31.9 Å². The van der Waals surface area contributed by atoms with Gasteiger partial charge < -0.3 is 14.7 Å². The van der Waals surface area contributed by atoms with Crippen molar-refractivity contribution >= 4 is 23.4 Å². The molecule has 11 heteroatoms. The number of hydrogen-bond acceptors (Lipinski definition) is 5. The molecule has 1 saturated carbocycles. The number of anilines is 1. The van der Waals surface area contributed by atoms with Gasteiger partial charge in [-0.05, 0) is 50.3 Å². The Hall–Kier alpha value is -2.56. The van der Waals surface area contributed by atoms with Crippen molar-refractivity contribution in [3.8, 4) is 5.75 Å². The minimum atomic E-state index is -4.71. The maximum absolute atomic E-state index is 14.2. The van der Waals surface area contributed by atoms with Crippen molar-refractivity contribution in [2.24, 2.45) is 5.92 Å². The average Bonchev–Trinajstić information content (AvgIpc) is 3.29. The molecule has 1 N–H and O–H groups in total. The van der Waals surface area contributed by atoms with Gasteiger partial charge in [0.05, 0.1) is 11.3 Å². The van der Waals surface area contributed by atoms with Crippen LogP contribution in [0.15, 0.2) is 35.4 Å². The van der Waals surface area contributed by atoms with Gasteiger partial charge in [0, 0.05) is 41.4 Å². The van der Waals surface area contributed by atoms with Gasteiger partial charge in [0.15, 0.2) is 5.69 Å². The number of aromatic nitrogens is 1. The number of rotatable bonds is 8. The molecule has 0 saturated heterocycles. The van der Waals surface area contributed by atoms with E-state index >= 15 is 0 Å². The molecule has 1 aliphatic heterocycles. The molecule has 2 aromatic rings. The van der Waals surface area contributed by atoms with Crippen LogP contribution in [0.3, 0.4) is 0 Å². The minimum Gasteiger partial charge on any atom is -0.488 e. The number of halogens is 5. The number of thioether (sulfide) groups is 1. The minimum absolute atomic E-state index is 0.0588. The van der Waals surface area contributed by atoms with Crippen LogP contribution in [0, 0.1) is 5.92 Å². The number of carboxylic acids is 1. The number of carboxylic acid groups (broad SMARTS) is 1. The predicted octanol–water partition coefficient (Wildman–Crippen LogP) is 7.28. The molecule has 0 spiro atoms. The van der Waals surface area contributed by atoms with Crippen LogP contribution < -0.4 is 9.64 Å². The summed E-state index contributed by atoms with van der Waals surface area (Å²) in [6.45, 7) is 0.913. The normalized spacial score (nSPS) is 19.0. The maximum Gasteiger partial charge on any atom is 0.420 e. The molecule has 1 aliphatic carbocycles. The van der Waals surface area contributed by atoms with Crippen molar-refractivity contribution in [3.05, 3.63) is 47.3 Å². The lowest BCUT2D eigenvalue weighted by Crippen LogP contribution is -2.37. The molecule has 1 unspecified atom stereocenters. The van der Waals surface area contributed by atoms with Crippen LogP contribution in [-0.4, -0.2) is 40.3 Å². The van der Waals surface area contributed by atoms with E-state index in [4.69, 9.17) is 4.74 Å². The van der Waals surface area contributed by atoms with Crippen LogP contribution >= 0.6 is 11.8 Å². The van der Waals surface area contributed by atoms with Crippen LogP contribution in [0.1, 0.15) is 67.1 Å². The molecule has 1 atom stereocenters. The largest absolute Gasteiger partial charge is 0.488 e. The van der Waals surface area contributed by atoms with E-state index < -0.39 is 36.0 Å². The highest BCUT2D eigenvalue weighted by Crippen LogP contribution is 2.47. The average molecular weight is 545 g/mol. The summed E-state index contributed by atoms with van der Waals surface area (Å²) in [6, 6.07) is 5.45. The second-order valence-electron chi connectivity index (χ2n) is 9.80. The Bertz CT molecular complexity index is 1120. The fourth-order valence-electron chi connectivity index (χ4n) is 4.96. The lowest BCUT2D eigenvalue weighted by Gasteiger charge is -2.34. The van der Waals surface area contributed by atoms with Gasteiger partial charge in [-0.3, -0.25) is 0 Å². The van der Waals surface area contributed by atoms with Crippen molar-refractivity contribution in [1.29, 1.82) is 0 Å². The lowest BCUT2D eigenvalue weighted by atomic mass is 10.00. The summed E-state index contributed by atoms with van der Waals surface area (Å²) < 4.78 is 75.3. The van der Waals surface area contributed by atoms with Crippen molar-refractivity contribution < 1.29 is 36.6 Å². The third kappa shape index (κ3) is 6.86. The molecule has 202 valence electrons. The van der Waals surface area contributed by atoms with Gasteiger partial charge in [0.2, 0.25) is 5.92 Å². The molecular weight excluding hydrogens is 515 g/mol. The number of benzene rings is 1. The van der Waals surface area contributed by atoms with E-state index in [1.165, 1.54) is 36.2 Å². The van der Waals surface area contributed by atoms with E-state index in [2.05, 4.69) is 4.98 Å². The summed E-state index contributed by atoms with van der Waals surface area (Å²) in [5.41, 5.74) is -0.633. The van der Waals surface area contributed by atoms with E-state index in [-0.39, 0.29) is 36.1 Å². The van der Waals surface area contributed by atoms with Gasteiger partial charge in [0.1, 0.15) is 12.4 Å². The molecular formula is C26H29F5N2O3S. The fraction of sp³-hybridized carbons (Fsp3) is 0.538. The first-order chi connectivity index (χ1) is 17.4. The van der Waals surface area contributed by atoms with E-state index in [0.717, 1.165) is 38.7 Å². The molecule has 1 aromatic heterocycles. The van der Waals surface area contributed by atoms with Crippen molar-refractivity contribution in [1.82, 2.24) is 4.98 Å². The van der Waals surface area contributed by atoms with Gasteiger partial charge in [-0.15, -0.1) is 11.8 Å². The van der Waals surface area contributed by atoms with Crippen LogP contribution in [0.25, 0.3) is 0 Å². The Morgan fingerprint density at radius 2 is 1.95 bits per heavy atom. The summed E-state index contributed by atoms with van der Waals surface area (Å²) in [7, 11) is 0. The van der Waals surface area contributed by atoms with Crippen LogP contribution in [0.2, 0.25) is 0 Å². The smallest absolute Gasteiger partial charge is 0.420 e.